The zero-order chi connectivity index (χ0) is 33.3. The van der Waals surface area contributed by atoms with Crippen molar-refractivity contribution in [1.29, 1.82) is 0 Å². The van der Waals surface area contributed by atoms with Gasteiger partial charge in [-0.15, -0.1) is 0 Å². The van der Waals surface area contributed by atoms with Crippen LogP contribution in [0, 0.1) is 0 Å². The normalized spacial score (nSPS) is 19.1. The molecule has 12 nitrogen and oxygen atoms in total. The largest absolute Gasteiger partial charge is 0.497 e. The van der Waals surface area contributed by atoms with Crippen LogP contribution in [0.4, 0.5) is 11.8 Å². The molecule has 2 unspecified atom stereocenters. The third-order valence-corrected chi connectivity index (χ3v) is 9.34. The van der Waals surface area contributed by atoms with Crippen LogP contribution in [0.2, 0.25) is 5.02 Å². The predicted octanol–water partition coefficient (Wildman–Crippen LogP) is 5.70. The first kappa shape index (κ1) is 34.1. The number of rotatable bonds is 10. The van der Waals surface area contributed by atoms with Gasteiger partial charge in [0.2, 0.25) is 5.95 Å². The first-order chi connectivity index (χ1) is 21.7. The summed E-state index contributed by atoms with van der Waals surface area (Å²) in [5.41, 5.74) is 1.08. The van der Waals surface area contributed by atoms with E-state index in [1.54, 1.807) is 56.3 Å². The fourth-order valence-electron chi connectivity index (χ4n) is 5.15. The molecule has 2 atom stereocenters. The summed E-state index contributed by atoms with van der Waals surface area (Å²) in [6.07, 6.45) is -1.46. The summed E-state index contributed by atoms with van der Waals surface area (Å²) in [6, 6.07) is 11.6. The minimum atomic E-state index is -4.17. The molecule has 0 radical (unpaired) electrons. The standard InChI is InChI=1S/C32H41ClN4O8S/c1-31(2,3)20-8-11-22(12-9-20)46(38,39)36-29-28(44-24-18-21(40-6)10-13-23(24)33)26(27(41-7)25-19-43-32(4,5)45-25)34-30(35-29)37-14-16-42-17-15-37/h8-13,18,25,27H,14-17,19H2,1-7H3,(H,34,35,36). The molecule has 0 aliphatic carbocycles. The molecule has 5 rings (SSSR count). The van der Waals surface area contributed by atoms with Crippen molar-refractivity contribution >= 4 is 33.4 Å². The number of anilines is 2. The lowest BCUT2D eigenvalue weighted by molar-refractivity contribution is -0.154. The number of aromatic nitrogens is 2. The molecule has 0 spiro atoms. The Morgan fingerprint density at radius 1 is 1.07 bits per heavy atom. The summed E-state index contributed by atoms with van der Waals surface area (Å²) in [4.78, 5) is 11.6. The third kappa shape index (κ3) is 7.67. The smallest absolute Gasteiger partial charge is 0.263 e. The summed E-state index contributed by atoms with van der Waals surface area (Å²) < 4.78 is 65.9. The number of hydrogen-bond donors (Lipinski definition) is 1. The van der Waals surface area contributed by atoms with E-state index in [1.165, 1.54) is 14.2 Å². The van der Waals surface area contributed by atoms with Gasteiger partial charge >= 0.3 is 0 Å². The van der Waals surface area contributed by atoms with E-state index in [0.717, 1.165) is 5.56 Å². The van der Waals surface area contributed by atoms with E-state index < -0.39 is 28.0 Å². The number of methoxy groups -OCH3 is 2. The third-order valence-electron chi connectivity index (χ3n) is 7.68. The molecule has 1 aromatic heterocycles. The summed E-state index contributed by atoms with van der Waals surface area (Å²) >= 11 is 6.56. The van der Waals surface area contributed by atoms with E-state index in [2.05, 4.69) is 25.5 Å². The molecule has 0 bridgehead atoms. The lowest BCUT2D eigenvalue weighted by atomic mass is 9.87. The Morgan fingerprint density at radius 2 is 1.76 bits per heavy atom. The number of benzene rings is 2. The number of nitrogens with zero attached hydrogens (tertiary/aromatic N) is 3. The van der Waals surface area contributed by atoms with Gasteiger partial charge in [-0.1, -0.05) is 44.5 Å². The van der Waals surface area contributed by atoms with Crippen LogP contribution in [0.3, 0.4) is 0 Å². The Hall–Kier alpha value is -3.20. The van der Waals surface area contributed by atoms with Crippen LogP contribution in [-0.2, 0) is 34.4 Å². The van der Waals surface area contributed by atoms with Gasteiger partial charge in [0.05, 0.1) is 36.8 Å². The minimum absolute atomic E-state index is 0.0118. The van der Waals surface area contributed by atoms with Crippen molar-refractivity contribution in [2.24, 2.45) is 0 Å². The second-order valence-electron chi connectivity index (χ2n) is 12.5. The van der Waals surface area contributed by atoms with E-state index >= 15 is 0 Å². The second kappa shape index (κ2) is 13.5. The molecule has 2 aliphatic heterocycles. The summed E-state index contributed by atoms with van der Waals surface area (Å²) in [5, 5.41) is 0.256. The van der Waals surface area contributed by atoms with Gasteiger partial charge in [-0.3, -0.25) is 4.72 Å². The topological polar surface area (TPSA) is 131 Å². The molecular weight excluding hydrogens is 636 g/mol. The average molecular weight is 677 g/mol. The van der Waals surface area contributed by atoms with E-state index in [9.17, 15) is 8.42 Å². The molecule has 2 fully saturated rings. The molecule has 14 heteroatoms. The second-order valence-corrected chi connectivity index (χ2v) is 14.6. The molecule has 1 N–H and O–H groups in total. The van der Waals surface area contributed by atoms with Gasteiger partial charge in [-0.2, -0.15) is 4.98 Å². The Balaban J connectivity index is 1.68. The first-order valence-corrected chi connectivity index (χ1v) is 16.8. The number of sulfonamides is 1. The van der Waals surface area contributed by atoms with Gasteiger partial charge < -0.3 is 33.3 Å². The molecule has 250 valence electrons. The van der Waals surface area contributed by atoms with E-state index in [0.29, 0.717) is 32.1 Å². The van der Waals surface area contributed by atoms with Crippen molar-refractivity contribution in [1.82, 2.24) is 9.97 Å². The number of morpholine rings is 1. The van der Waals surface area contributed by atoms with Crippen molar-refractivity contribution < 1.29 is 36.8 Å². The van der Waals surface area contributed by atoms with Crippen LogP contribution in [0.1, 0.15) is 52.0 Å². The molecule has 2 aliphatic rings. The summed E-state index contributed by atoms with van der Waals surface area (Å²) in [5.74, 6) is -0.0530. The number of halogens is 1. The number of hydrogen-bond acceptors (Lipinski definition) is 11. The van der Waals surface area contributed by atoms with Crippen molar-refractivity contribution in [3.8, 4) is 17.2 Å². The van der Waals surface area contributed by atoms with Gasteiger partial charge in [0, 0.05) is 26.3 Å². The lowest BCUT2D eigenvalue weighted by Gasteiger charge is -2.30. The van der Waals surface area contributed by atoms with Gasteiger partial charge in [0.1, 0.15) is 29.4 Å². The molecule has 3 heterocycles. The number of nitrogens with one attached hydrogen (secondary N) is 1. The molecule has 0 amide bonds. The monoisotopic (exact) mass is 676 g/mol. The zero-order valence-electron chi connectivity index (χ0n) is 27.1. The maximum absolute atomic E-state index is 13.9. The highest BCUT2D eigenvalue weighted by molar-refractivity contribution is 7.92. The maximum atomic E-state index is 13.9. The minimum Gasteiger partial charge on any atom is -0.497 e. The van der Waals surface area contributed by atoms with Crippen LogP contribution >= 0.6 is 11.6 Å². The lowest BCUT2D eigenvalue weighted by Crippen LogP contribution is -2.38. The summed E-state index contributed by atoms with van der Waals surface area (Å²) in [7, 11) is -1.14. The summed E-state index contributed by atoms with van der Waals surface area (Å²) in [6.45, 7) is 11.9. The Kier molecular flexibility index (Phi) is 10.0. The van der Waals surface area contributed by atoms with Crippen molar-refractivity contribution in [3.63, 3.8) is 0 Å². The molecule has 0 saturated carbocycles. The van der Waals surface area contributed by atoms with Crippen LogP contribution in [-0.4, -0.2) is 77.4 Å². The molecular formula is C32H41ClN4O8S. The van der Waals surface area contributed by atoms with E-state index in [-0.39, 0.29) is 50.9 Å². The maximum Gasteiger partial charge on any atom is 0.263 e. The zero-order valence-corrected chi connectivity index (χ0v) is 28.7. The highest BCUT2D eigenvalue weighted by atomic mass is 35.5. The van der Waals surface area contributed by atoms with Crippen LogP contribution in [0.15, 0.2) is 47.4 Å². The van der Waals surface area contributed by atoms with Crippen LogP contribution < -0.4 is 19.1 Å². The Morgan fingerprint density at radius 3 is 2.35 bits per heavy atom. The van der Waals surface area contributed by atoms with Gasteiger partial charge in [-0.25, -0.2) is 13.4 Å². The van der Waals surface area contributed by atoms with Crippen molar-refractivity contribution in [3.05, 3.63) is 58.7 Å². The fourth-order valence-corrected chi connectivity index (χ4v) is 6.31. The van der Waals surface area contributed by atoms with Gasteiger partial charge in [0.25, 0.3) is 10.0 Å². The Bertz CT molecular complexity index is 1640. The number of ether oxygens (including phenoxy) is 6. The highest BCUT2D eigenvalue weighted by Crippen LogP contribution is 2.44. The Labute approximate surface area is 275 Å². The fraction of sp³-hybridized carbons (Fsp3) is 0.500. The van der Waals surface area contributed by atoms with Crippen molar-refractivity contribution in [2.45, 2.75) is 62.9 Å². The molecule has 3 aromatic rings. The van der Waals surface area contributed by atoms with E-state index in [4.69, 9.17) is 50.0 Å². The SMILES string of the molecule is COc1ccc(Cl)c(Oc2c(NS(=O)(=O)c3ccc(C(C)(C)C)cc3)nc(N3CCOCC3)nc2C(OC)C2COC(C)(C)O2)c1. The molecule has 2 saturated heterocycles. The average Bonchev–Trinajstić information content (AvgIpc) is 3.38. The van der Waals surface area contributed by atoms with Crippen LogP contribution in [0.5, 0.6) is 17.2 Å². The van der Waals surface area contributed by atoms with Crippen molar-refractivity contribution in [2.75, 3.05) is 56.8 Å². The molecule has 46 heavy (non-hydrogen) atoms. The predicted molar refractivity (Wildman–Crippen MR) is 174 cm³/mol. The quantitative estimate of drug-likeness (QED) is 0.284. The van der Waals surface area contributed by atoms with E-state index in [1.807, 2.05) is 4.90 Å². The highest BCUT2D eigenvalue weighted by Gasteiger charge is 2.41. The van der Waals surface area contributed by atoms with Gasteiger partial charge in [0.15, 0.2) is 17.4 Å². The van der Waals surface area contributed by atoms with Crippen LogP contribution in [0.25, 0.3) is 0 Å². The van der Waals surface area contributed by atoms with Gasteiger partial charge in [-0.05, 0) is 49.1 Å². The molecule has 2 aromatic carbocycles. The first-order valence-electron chi connectivity index (χ1n) is 14.9.